The number of thioether (sulfide) groups is 1. The fraction of sp³-hybridized carbons (Fsp3) is 0.393. The fourth-order valence-electron chi connectivity index (χ4n) is 4.99. The molecule has 0 bridgehead atoms. The van der Waals surface area contributed by atoms with Gasteiger partial charge in [-0.2, -0.15) is 0 Å². The van der Waals surface area contributed by atoms with E-state index in [9.17, 15) is 0 Å². The van der Waals surface area contributed by atoms with E-state index in [-0.39, 0.29) is 12.5 Å². The van der Waals surface area contributed by atoms with E-state index in [1.165, 1.54) is 24.6 Å². The molecule has 0 spiro atoms. The van der Waals surface area contributed by atoms with E-state index in [1.807, 2.05) is 30.5 Å². The van der Waals surface area contributed by atoms with Gasteiger partial charge in [0.2, 0.25) is 0 Å². The molecule has 3 heterocycles. The molecule has 1 aliphatic rings. The summed E-state index contributed by atoms with van der Waals surface area (Å²) < 4.78 is 27.3. The lowest BCUT2D eigenvalue weighted by Gasteiger charge is -2.23. The zero-order chi connectivity index (χ0) is 25.1. The van der Waals surface area contributed by atoms with E-state index in [2.05, 4.69) is 27.9 Å². The van der Waals surface area contributed by atoms with Crippen LogP contribution >= 0.6 is 11.8 Å². The van der Waals surface area contributed by atoms with Gasteiger partial charge in [-0.05, 0) is 54.0 Å². The summed E-state index contributed by atoms with van der Waals surface area (Å²) in [6, 6.07) is 9.92. The second-order valence-electron chi connectivity index (χ2n) is 9.01. The minimum Gasteiger partial charge on any atom is -0.468 e. The number of benzene rings is 2. The number of fused-ring (bicyclic) bond motifs is 2. The molecule has 0 aliphatic carbocycles. The summed E-state index contributed by atoms with van der Waals surface area (Å²) in [5, 5.41) is 3.16. The molecule has 188 valence electrons. The Morgan fingerprint density at radius 1 is 1.08 bits per heavy atom. The van der Waals surface area contributed by atoms with Crippen LogP contribution in [0.2, 0.25) is 0 Å². The minimum absolute atomic E-state index is 0.107. The number of hydrogen-bond acceptors (Lipinski definition) is 7. The fourth-order valence-corrected chi connectivity index (χ4v) is 5.35. The smallest absolute Gasteiger partial charge is 0.189 e. The van der Waals surface area contributed by atoms with E-state index < -0.39 is 5.82 Å². The van der Waals surface area contributed by atoms with Crippen LogP contribution < -0.4 is 9.64 Å². The number of aryl methyl sites for hydroxylation is 1. The summed E-state index contributed by atoms with van der Waals surface area (Å²) in [6.45, 7) is 4.03. The van der Waals surface area contributed by atoms with E-state index in [0.29, 0.717) is 27.4 Å². The van der Waals surface area contributed by atoms with Crippen molar-refractivity contribution < 1.29 is 13.9 Å². The predicted octanol–water partition coefficient (Wildman–Crippen LogP) is 6.63. The average molecular weight is 507 g/mol. The molecule has 4 aromatic rings. The number of halogens is 1. The number of rotatable bonds is 7. The van der Waals surface area contributed by atoms with Crippen molar-refractivity contribution in [3.05, 3.63) is 47.9 Å². The maximum absolute atomic E-state index is 16.4. The Balaban J connectivity index is 1.74. The Kier molecular flexibility index (Phi) is 7.53. The van der Waals surface area contributed by atoms with Crippen molar-refractivity contribution in [2.45, 2.75) is 44.2 Å². The lowest BCUT2D eigenvalue weighted by molar-refractivity contribution is 0.0512. The normalized spacial score (nSPS) is 14.4. The molecule has 0 atom stereocenters. The molecule has 6 nitrogen and oxygen atoms in total. The quantitative estimate of drug-likeness (QED) is 0.158. The summed E-state index contributed by atoms with van der Waals surface area (Å²) in [5.41, 5.74) is 2.39. The molecule has 36 heavy (non-hydrogen) atoms. The van der Waals surface area contributed by atoms with Gasteiger partial charge in [0.15, 0.2) is 17.8 Å². The first-order valence-electron chi connectivity index (χ1n) is 12.5. The number of aromatic nitrogens is 3. The van der Waals surface area contributed by atoms with Gasteiger partial charge in [0.25, 0.3) is 0 Å². The molecule has 1 fully saturated rings. The summed E-state index contributed by atoms with van der Waals surface area (Å²) in [5.74, 6) is 0.949. The average Bonchev–Trinajstić information content (AvgIpc) is 3.20. The molecule has 0 unspecified atom stereocenters. The molecular formula is C28H31FN4O2S. The van der Waals surface area contributed by atoms with Gasteiger partial charge in [-0.3, -0.25) is 4.98 Å². The maximum atomic E-state index is 16.4. The van der Waals surface area contributed by atoms with Crippen LogP contribution in [-0.2, 0) is 11.2 Å². The standard InChI is InChI=1S/C28H31FN4O2S/c1-4-18-10-9-11-19-14-20(35-17-34-2)15-21(23(18)19)25-24(29)26-22(16-30-25)27(32-28(31-26)36-3)33-12-7-5-6-8-13-33/h9-11,14-16H,4-8,12-13,17H2,1-3H3. The molecule has 0 saturated carbocycles. The number of pyridine rings is 1. The summed E-state index contributed by atoms with van der Waals surface area (Å²) in [4.78, 5) is 16.4. The Morgan fingerprint density at radius 2 is 1.89 bits per heavy atom. The number of ether oxygens (including phenoxy) is 2. The van der Waals surface area contributed by atoms with Gasteiger partial charge < -0.3 is 14.4 Å². The van der Waals surface area contributed by atoms with E-state index >= 15 is 4.39 Å². The summed E-state index contributed by atoms with van der Waals surface area (Å²) in [7, 11) is 1.58. The third-order valence-electron chi connectivity index (χ3n) is 6.75. The van der Waals surface area contributed by atoms with Crippen LogP contribution in [-0.4, -0.2) is 48.2 Å². The molecule has 0 N–H and O–H groups in total. The second-order valence-corrected chi connectivity index (χ2v) is 9.78. The van der Waals surface area contributed by atoms with Crippen molar-refractivity contribution >= 4 is 39.3 Å². The van der Waals surface area contributed by atoms with Gasteiger partial charge in [0.05, 0.1) is 5.39 Å². The number of hydrogen-bond donors (Lipinski definition) is 0. The van der Waals surface area contributed by atoms with Crippen LogP contribution in [0.15, 0.2) is 41.7 Å². The van der Waals surface area contributed by atoms with Crippen molar-refractivity contribution in [3.8, 4) is 17.0 Å². The van der Waals surface area contributed by atoms with Gasteiger partial charge in [-0.1, -0.05) is 49.7 Å². The predicted molar refractivity (Wildman–Crippen MR) is 145 cm³/mol. The van der Waals surface area contributed by atoms with E-state index in [4.69, 9.17) is 14.5 Å². The van der Waals surface area contributed by atoms with Gasteiger partial charge in [-0.25, -0.2) is 14.4 Å². The van der Waals surface area contributed by atoms with Crippen LogP contribution in [0.3, 0.4) is 0 Å². The molecular weight excluding hydrogens is 475 g/mol. The van der Waals surface area contributed by atoms with Crippen molar-refractivity contribution in [1.29, 1.82) is 0 Å². The third-order valence-corrected chi connectivity index (χ3v) is 7.30. The SMILES string of the molecule is CCc1cccc2cc(OCOC)cc(-c3ncc4c(N5CCCCCC5)nc(SC)nc4c3F)c12. The highest BCUT2D eigenvalue weighted by atomic mass is 32.2. The molecule has 2 aromatic heterocycles. The largest absolute Gasteiger partial charge is 0.468 e. The van der Waals surface area contributed by atoms with E-state index in [0.717, 1.165) is 54.5 Å². The number of methoxy groups -OCH3 is 1. The maximum Gasteiger partial charge on any atom is 0.189 e. The lowest BCUT2D eigenvalue weighted by atomic mass is 9.95. The monoisotopic (exact) mass is 506 g/mol. The van der Waals surface area contributed by atoms with Crippen LogP contribution in [0.5, 0.6) is 5.75 Å². The van der Waals surface area contributed by atoms with Crippen LogP contribution in [0.1, 0.15) is 38.2 Å². The molecule has 5 rings (SSSR count). The van der Waals surface area contributed by atoms with Crippen molar-refractivity contribution in [3.63, 3.8) is 0 Å². The Labute approximate surface area is 215 Å². The van der Waals surface area contributed by atoms with Gasteiger partial charge in [0, 0.05) is 32.0 Å². The second kappa shape index (κ2) is 11.0. The highest BCUT2D eigenvalue weighted by molar-refractivity contribution is 7.98. The van der Waals surface area contributed by atoms with Crippen molar-refractivity contribution in [1.82, 2.24) is 15.0 Å². The third kappa shape index (κ3) is 4.72. The summed E-state index contributed by atoms with van der Waals surface area (Å²) in [6.07, 6.45) is 9.10. The van der Waals surface area contributed by atoms with Gasteiger partial charge >= 0.3 is 0 Å². The first-order chi connectivity index (χ1) is 17.6. The molecule has 1 saturated heterocycles. The van der Waals surface area contributed by atoms with Gasteiger partial charge in [-0.15, -0.1) is 0 Å². The van der Waals surface area contributed by atoms with Crippen molar-refractivity contribution in [2.75, 3.05) is 38.1 Å². The first-order valence-corrected chi connectivity index (χ1v) is 13.7. The first kappa shape index (κ1) is 24.7. The zero-order valence-electron chi connectivity index (χ0n) is 21.0. The Morgan fingerprint density at radius 3 is 2.61 bits per heavy atom. The van der Waals surface area contributed by atoms with Crippen LogP contribution in [0.25, 0.3) is 32.9 Å². The zero-order valence-corrected chi connectivity index (χ0v) is 21.8. The van der Waals surface area contributed by atoms with Crippen LogP contribution in [0.4, 0.5) is 10.2 Å². The Hall–Kier alpha value is -2.97. The molecule has 0 amide bonds. The number of anilines is 1. The lowest BCUT2D eigenvalue weighted by Crippen LogP contribution is -2.25. The number of nitrogens with zero attached hydrogens (tertiary/aromatic N) is 4. The molecule has 2 aromatic carbocycles. The van der Waals surface area contributed by atoms with Gasteiger partial charge in [0.1, 0.15) is 22.8 Å². The molecule has 0 radical (unpaired) electrons. The molecule has 8 heteroatoms. The van der Waals surface area contributed by atoms with Crippen LogP contribution in [0, 0.1) is 5.82 Å². The Bertz CT molecular complexity index is 1390. The summed E-state index contributed by atoms with van der Waals surface area (Å²) >= 11 is 1.43. The van der Waals surface area contributed by atoms with E-state index in [1.54, 1.807) is 13.3 Å². The highest BCUT2D eigenvalue weighted by Crippen LogP contribution is 2.38. The topological polar surface area (TPSA) is 60.4 Å². The van der Waals surface area contributed by atoms with Crippen molar-refractivity contribution in [2.24, 2.45) is 0 Å². The minimum atomic E-state index is -0.433. The highest BCUT2D eigenvalue weighted by Gasteiger charge is 2.23. The molecule has 1 aliphatic heterocycles.